The van der Waals surface area contributed by atoms with Crippen LogP contribution in [0.25, 0.3) is 0 Å². The van der Waals surface area contributed by atoms with Crippen molar-refractivity contribution >= 4 is 27.4 Å². The molecule has 0 amide bonds. The zero-order valence-electron chi connectivity index (χ0n) is 17.1. The summed E-state index contributed by atoms with van der Waals surface area (Å²) in [7, 11) is 0. The highest BCUT2D eigenvalue weighted by atomic mass is 79.9. The summed E-state index contributed by atoms with van der Waals surface area (Å²) in [6.07, 6.45) is 3.92. The molecule has 150 valence electrons. The normalized spacial score (nSPS) is 11.8. The molecule has 3 heteroatoms. The fourth-order valence-corrected chi connectivity index (χ4v) is 3.60. The Hall–Kier alpha value is -2.39. The van der Waals surface area contributed by atoms with E-state index in [0.29, 0.717) is 6.42 Å². The van der Waals surface area contributed by atoms with Crippen LogP contribution in [-0.2, 0) is 6.42 Å². The number of hydrogen-bond acceptors (Lipinski definition) is 2. The lowest BCUT2D eigenvalue weighted by molar-refractivity contribution is 0.0976. The number of rotatable bonds is 9. The van der Waals surface area contributed by atoms with Gasteiger partial charge in [-0.2, -0.15) is 0 Å². The second-order valence-corrected chi connectivity index (χ2v) is 8.46. The van der Waals surface area contributed by atoms with Gasteiger partial charge in [-0.05, 0) is 55.2 Å². The van der Waals surface area contributed by atoms with E-state index in [2.05, 4.69) is 64.6 Å². The Morgan fingerprint density at radius 3 is 2.21 bits per heavy atom. The largest absolute Gasteiger partial charge is 0.378 e. The van der Waals surface area contributed by atoms with E-state index in [1.807, 2.05) is 43.3 Å². The number of halogens is 1. The van der Waals surface area contributed by atoms with E-state index in [4.69, 9.17) is 0 Å². The summed E-state index contributed by atoms with van der Waals surface area (Å²) in [6, 6.07) is 24.5. The first-order valence-electron chi connectivity index (χ1n) is 10.3. The number of benzene rings is 3. The molecule has 0 bridgehead atoms. The fraction of sp³-hybridized carbons (Fsp3) is 0.269. The number of unbranched alkanes of at least 4 members (excludes halogenated alkanes) is 1. The summed E-state index contributed by atoms with van der Waals surface area (Å²) in [6.45, 7) is 4.24. The van der Waals surface area contributed by atoms with Gasteiger partial charge < -0.3 is 5.32 Å². The molecule has 0 saturated carbocycles. The second kappa shape index (κ2) is 10.4. The molecule has 2 nitrogen and oxygen atoms in total. The average molecular weight is 450 g/mol. The first-order chi connectivity index (χ1) is 14.0. The molecular weight excluding hydrogens is 422 g/mol. The Kier molecular flexibility index (Phi) is 7.65. The maximum Gasteiger partial charge on any atom is 0.165 e. The number of Topliss-reactive ketones (excluding diaryl/α,β-unsaturated/α-hetero) is 1. The molecule has 3 rings (SSSR count). The molecule has 0 fully saturated rings. The minimum atomic E-state index is -0.0848. The van der Waals surface area contributed by atoms with Crippen molar-refractivity contribution in [3.8, 4) is 0 Å². The van der Waals surface area contributed by atoms with Gasteiger partial charge in [0.1, 0.15) is 0 Å². The van der Waals surface area contributed by atoms with Crippen LogP contribution >= 0.6 is 15.9 Å². The molecule has 0 radical (unpaired) electrons. The van der Waals surface area contributed by atoms with Crippen LogP contribution in [0.5, 0.6) is 0 Å². The Balaban J connectivity index is 1.78. The summed E-state index contributed by atoms with van der Waals surface area (Å²) in [5, 5.41) is 3.57. The molecule has 0 heterocycles. The fourth-order valence-electron chi connectivity index (χ4n) is 3.34. The van der Waals surface area contributed by atoms with Gasteiger partial charge in [-0.1, -0.05) is 83.4 Å². The monoisotopic (exact) mass is 449 g/mol. The molecule has 0 saturated heterocycles. The molecule has 1 unspecified atom stereocenters. The molecule has 3 aromatic rings. The van der Waals surface area contributed by atoms with Crippen LogP contribution in [0, 0.1) is 6.92 Å². The van der Waals surface area contributed by atoms with Crippen molar-refractivity contribution in [2.24, 2.45) is 0 Å². The second-order valence-electron chi connectivity index (χ2n) is 7.54. The quantitative estimate of drug-likeness (QED) is 0.342. The van der Waals surface area contributed by atoms with Crippen molar-refractivity contribution in [1.29, 1.82) is 0 Å². The highest BCUT2D eigenvalue weighted by Crippen LogP contribution is 2.26. The standard InChI is InChI=1S/C26H28BrNO/c1-3-4-5-20-8-16-24(17-9-20)28-25(21-12-14-23(27)15-13-21)18-26(29)22-10-6-19(2)7-11-22/h6-17,25,28H,3-5,18H2,1-2H3. The zero-order valence-corrected chi connectivity index (χ0v) is 18.7. The maximum absolute atomic E-state index is 12.9. The van der Waals surface area contributed by atoms with Gasteiger partial charge >= 0.3 is 0 Å². The van der Waals surface area contributed by atoms with Crippen LogP contribution in [0.15, 0.2) is 77.3 Å². The van der Waals surface area contributed by atoms with E-state index in [1.165, 1.54) is 18.4 Å². The molecular formula is C26H28BrNO. The molecule has 1 N–H and O–H groups in total. The van der Waals surface area contributed by atoms with Gasteiger partial charge in [0.15, 0.2) is 5.78 Å². The number of aryl methyl sites for hydroxylation is 2. The van der Waals surface area contributed by atoms with Gasteiger partial charge in [0.05, 0.1) is 6.04 Å². The van der Waals surface area contributed by atoms with Crippen LogP contribution in [-0.4, -0.2) is 5.78 Å². The van der Waals surface area contributed by atoms with E-state index in [0.717, 1.165) is 33.3 Å². The maximum atomic E-state index is 12.9. The van der Waals surface area contributed by atoms with Gasteiger partial charge in [-0.25, -0.2) is 0 Å². The number of ketones is 1. The van der Waals surface area contributed by atoms with Crippen molar-refractivity contribution in [3.63, 3.8) is 0 Å². The van der Waals surface area contributed by atoms with Crippen molar-refractivity contribution in [2.45, 2.75) is 45.6 Å². The van der Waals surface area contributed by atoms with Gasteiger partial charge in [0.2, 0.25) is 0 Å². The molecule has 0 aromatic heterocycles. The highest BCUT2D eigenvalue weighted by Gasteiger charge is 2.17. The molecule has 29 heavy (non-hydrogen) atoms. The van der Waals surface area contributed by atoms with Crippen molar-refractivity contribution in [1.82, 2.24) is 0 Å². The number of hydrogen-bond donors (Lipinski definition) is 1. The van der Waals surface area contributed by atoms with Crippen molar-refractivity contribution in [2.75, 3.05) is 5.32 Å². The summed E-state index contributed by atoms with van der Waals surface area (Å²) in [5.74, 6) is 0.144. The highest BCUT2D eigenvalue weighted by molar-refractivity contribution is 9.10. The van der Waals surface area contributed by atoms with Crippen molar-refractivity contribution < 1.29 is 4.79 Å². The summed E-state index contributed by atoms with van der Waals surface area (Å²) in [5.41, 5.74) is 5.41. The smallest absolute Gasteiger partial charge is 0.165 e. The molecule has 0 aliphatic carbocycles. The predicted octanol–water partition coefficient (Wildman–Crippen LogP) is 7.53. The van der Waals surface area contributed by atoms with E-state index >= 15 is 0 Å². The van der Waals surface area contributed by atoms with Crippen molar-refractivity contribution in [3.05, 3.63) is 99.5 Å². The van der Waals surface area contributed by atoms with Gasteiger partial charge in [-0.3, -0.25) is 4.79 Å². The van der Waals surface area contributed by atoms with Gasteiger partial charge in [-0.15, -0.1) is 0 Å². The van der Waals surface area contributed by atoms with Crippen LogP contribution in [0.1, 0.15) is 59.3 Å². The number of carbonyl (C=O) groups excluding carboxylic acids is 1. The third-order valence-electron chi connectivity index (χ3n) is 5.15. The topological polar surface area (TPSA) is 29.1 Å². The van der Waals surface area contributed by atoms with Crippen LogP contribution in [0.2, 0.25) is 0 Å². The van der Waals surface area contributed by atoms with E-state index in [1.54, 1.807) is 0 Å². The first-order valence-corrected chi connectivity index (χ1v) is 11.1. The summed E-state index contributed by atoms with van der Waals surface area (Å²) < 4.78 is 1.03. The number of carbonyl (C=O) groups is 1. The Bertz CT molecular complexity index is 914. The number of anilines is 1. The van der Waals surface area contributed by atoms with E-state index in [9.17, 15) is 4.79 Å². The lowest BCUT2D eigenvalue weighted by atomic mass is 9.97. The van der Waals surface area contributed by atoms with Crippen LogP contribution < -0.4 is 5.32 Å². The third-order valence-corrected chi connectivity index (χ3v) is 5.68. The summed E-state index contributed by atoms with van der Waals surface area (Å²) in [4.78, 5) is 12.9. The Labute approximate surface area is 182 Å². The molecule has 1 atom stereocenters. The van der Waals surface area contributed by atoms with Gasteiger partial charge in [0.25, 0.3) is 0 Å². The Morgan fingerprint density at radius 1 is 0.931 bits per heavy atom. The molecule has 0 aliphatic heterocycles. The minimum absolute atomic E-state index is 0.0848. The third kappa shape index (κ3) is 6.30. The summed E-state index contributed by atoms with van der Waals surface area (Å²) >= 11 is 3.50. The lowest BCUT2D eigenvalue weighted by Crippen LogP contribution is -2.16. The van der Waals surface area contributed by atoms with E-state index < -0.39 is 0 Å². The van der Waals surface area contributed by atoms with Gasteiger partial charge in [0, 0.05) is 22.1 Å². The molecule has 0 spiro atoms. The lowest BCUT2D eigenvalue weighted by Gasteiger charge is -2.20. The molecule has 0 aliphatic rings. The predicted molar refractivity (Wildman–Crippen MR) is 126 cm³/mol. The van der Waals surface area contributed by atoms with E-state index in [-0.39, 0.29) is 11.8 Å². The zero-order chi connectivity index (χ0) is 20.6. The molecule has 3 aromatic carbocycles. The van der Waals surface area contributed by atoms with Crippen LogP contribution in [0.3, 0.4) is 0 Å². The van der Waals surface area contributed by atoms with Crippen LogP contribution in [0.4, 0.5) is 5.69 Å². The minimum Gasteiger partial charge on any atom is -0.378 e. The first kappa shape index (κ1) is 21.3. The Morgan fingerprint density at radius 2 is 1.59 bits per heavy atom. The SMILES string of the molecule is CCCCc1ccc(NC(CC(=O)c2ccc(C)cc2)c2ccc(Br)cc2)cc1. The number of nitrogens with one attached hydrogen (secondary N) is 1. The average Bonchev–Trinajstić information content (AvgIpc) is 2.74.